The van der Waals surface area contributed by atoms with Gasteiger partial charge in [-0.1, -0.05) is 45.7 Å². The van der Waals surface area contributed by atoms with Gasteiger partial charge in [-0.25, -0.2) is 0 Å². The summed E-state index contributed by atoms with van der Waals surface area (Å²) >= 11 is 9.25. The molecule has 0 spiro atoms. The molecule has 0 aliphatic rings. The Morgan fingerprint density at radius 2 is 1.73 bits per heavy atom. The Balaban J connectivity index is 2.50. The summed E-state index contributed by atoms with van der Waals surface area (Å²) in [6, 6.07) is 13.1. The molecular weight excluding hydrogens is 275 g/mol. The van der Waals surface area contributed by atoms with E-state index in [1.165, 1.54) is 0 Å². The Morgan fingerprint density at radius 1 is 1.00 bits per heavy atom. The van der Waals surface area contributed by atoms with Crippen molar-refractivity contribution < 1.29 is 5.11 Å². The highest BCUT2D eigenvalue weighted by molar-refractivity contribution is 9.10. The van der Waals surface area contributed by atoms with Crippen LogP contribution in [0.3, 0.4) is 0 Å². The number of hydrogen-bond acceptors (Lipinski definition) is 1. The van der Waals surface area contributed by atoms with Crippen LogP contribution in [0.2, 0.25) is 5.02 Å². The molecule has 2 rings (SSSR count). The standard InChI is InChI=1S/C12H8BrClO/c13-10-3-1-2-8(6-10)9-4-5-12(15)11(14)7-9/h1-7,15H. The van der Waals surface area contributed by atoms with Crippen LogP contribution in [0.4, 0.5) is 0 Å². The van der Waals surface area contributed by atoms with Crippen LogP contribution >= 0.6 is 27.5 Å². The molecule has 0 atom stereocenters. The minimum Gasteiger partial charge on any atom is -0.506 e. The molecule has 0 unspecified atom stereocenters. The molecule has 0 fully saturated rings. The molecule has 1 N–H and O–H groups in total. The minimum atomic E-state index is 0.107. The normalized spacial score (nSPS) is 10.3. The van der Waals surface area contributed by atoms with Gasteiger partial charge in [0.2, 0.25) is 0 Å². The summed E-state index contributed by atoms with van der Waals surface area (Å²) in [5.74, 6) is 0.107. The predicted molar refractivity (Wildman–Crippen MR) is 66.3 cm³/mol. The number of phenols is 1. The highest BCUT2D eigenvalue weighted by atomic mass is 79.9. The van der Waals surface area contributed by atoms with Crippen LogP contribution in [0.1, 0.15) is 0 Å². The van der Waals surface area contributed by atoms with Crippen LogP contribution in [0, 0.1) is 0 Å². The average molecular weight is 284 g/mol. The van der Waals surface area contributed by atoms with E-state index in [1.807, 2.05) is 30.3 Å². The molecule has 2 aromatic carbocycles. The molecule has 3 heteroatoms. The predicted octanol–water partition coefficient (Wildman–Crippen LogP) is 4.48. The van der Waals surface area contributed by atoms with E-state index in [4.69, 9.17) is 11.6 Å². The molecule has 0 saturated carbocycles. The lowest BCUT2D eigenvalue weighted by atomic mass is 10.1. The molecule has 76 valence electrons. The maximum absolute atomic E-state index is 9.30. The molecule has 0 aliphatic heterocycles. The van der Waals surface area contributed by atoms with Gasteiger partial charge >= 0.3 is 0 Å². The Kier molecular flexibility index (Phi) is 2.98. The number of halogens is 2. The van der Waals surface area contributed by atoms with Crippen LogP contribution < -0.4 is 0 Å². The van der Waals surface area contributed by atoms with Gasteiger partial charge in [-0.2, -0.15) is 0 Å². The van der Waals surface area contributed by atoms with Crippen molar-refractivity contribution in [1.82, 2.24) is 0 Å². The highest BCUT2D eigenvalue weighted by Crippen LogP contribution is 2.30. The van der Waals surface area contributed by atoms with Crippen LogP contribution in [0.15, 0.2) is 46.9 Å². The Bertz CT molecular complexity index is 497. The second-order valence-corrected chi connectivity index (χ2v) is 4.50. The number of phenolic OH excluding ortho intramolecular Hbond substituents is 1. The molecule has 2 aromatic rings. The van der Waals surface area contributed by atoms with Crippen LogP contribution in [-0.4, -0.2) is 5.11 Å². The van der Waals surface area contributed by atoms with Crippen molar-refractivity contribution in [2.45, 2.75) is 0 Å². The molecule has 0 saturated heterocycles. The summed E-state index contributed by atoms with van der Waals surface area (Å²) in [4.78, 5) is 0. The number of benzene rings is 2. The summed E-state index contributed by atoms with van der Waals surface area (Å²) in [7, 11) is 0. The third kappa shape index (κ3) is 2.33. The lowest BCUT2D eigenvalue weighted by molar-refractivity contribution is 0.475. The molecule has 15 heavy (non-hydrogen) atoms. The fourth-order valence-electron chi connectivity index (χ4n) is 1.35. The SMILES string of the molecule is Oc1ccc(-c2cccc(Br)c2)cc1Cl. The molecule has 0 aliphatic carbocycles. The quantitative estimate of drug-likeness (QED) is 0.818. The molecule has 0 heterocycles. The zero-order valence-corrected chi connectivity index (χ0v) is 10.1. The van der Waals surface area contributed by atoms with Gasteiger partial charge in [0.05, 0.1) is 5.02 Å². The van der Waals surface area contributed by atoms with Crippen molar-refractivity contribution in [3.05, 3.63) is 52.0 Å². The molecular formula is C12H8BrClO. The largest absolute Gasteiger partial charge is 0.506 e. The molecule has 1 nitrogen and oxygen atoms in total. The monoisotopic (exact) mass is 282 g/mol. The number of aromatic hydroxyl groups is 1. The van der Waals surface area contributed by atoms with Gasteiger partial charge in [0.25, 0.3) is 0 Å². The maximum atomic E-state index is 9.30. The number of hydrogen-bond donors (Lipinski definition) is 1. The topological polar surface area (TPSA) is 20.2 Å². The van der Waals surface area contributed by atoms with Crippen molar-refractivity contribution in [2.75, 3.05) is 0 Å². The summed E-state index contributed by atoms with van der Waals surface area (Å²) in [6.45, 7) is 0. The van der Waals surface area contributed by atoms with Crippen LogP contribution in [0.5, 0.6) is 5.75 Å². The third-order valence-electron chi connectivity index (χ3n) is 2.11. The van der Waals surface area contributed by atoms with Gasteiger partial charge < -0.3 is 5.11 Å². The van der Waals surface area contributed by atoms with E-state index in [9.17, 15) is 5.11 Å². The molecule has 0 amide bonds. The Hall–Kier alpha value is -0.990. The van der Waals surface area contributed by atoms with Gasteiger partial charge in [-0.05, 0) is 35.4 Å². The number of rotatable bonds is 1. The molecule has 0 bridgehead atoms. The van der Waals surface area contributed by atoms with Gasteiger partial charge in [-0.3, -0.25) is 0 Å². The summed E-state index contributed by atoms with van der Waals surface area (Å²) in [5.41, 5.74) is 2.05. The van der Waals surface area contributed by atoms with Crippen molar-refractivity contribution in [1.29, 1.82) is 0 Å². The first-order valence-corrected chi connectivity index (χ1v) is 5.58. The highest BCUT2D eigenvalue weighted by Gasteiger charge is 2.02. The van der Waals surface area contributed by atoms with E-state index in [2.05, 4.69) is 15.9 Å². The van der Waals surface area contributed by atoms with E-state index in [0.717, 1.165) is 15.6 Å². The summed E-state index contributed by atoms with van der Waals surface area (Å²) in [6.07, 6.45) is 0. The van der Waals surface area contributed by atoms with E-state index in [-0.39, 0.29) is 5.75 Å². The first-order valence-electron chi connectivity index (χ1n) is 4.41. The smallest absolute Gasteiger partial charge is 0.134 e. The second-order valence-electron chi connectivity index (χ2n) is 3.18. The lowest BCUT2D eigenvalue weighted by Gasteiger charge is -2.04. The van der Waals surface area contributed by atoms with E-state index < -0.39 is 0 Å². The average Bonchev–Trinajstić information content (AvgIpc) is 2.22. The fraction of sp³-hybridized carbons (Fsp3) is 0. The van der Waals surface area contributed by atoms with Gasteiger partial charge in [0.15, 0.2) is 0 Å². The molecule has 0 radical (unpaired) electrons. The first-order chi connectivity index (χ1) is 7.16. The van der Waals surface area contributed by atoms with Crippen molar-refractivity contribution in [3.8, 4) is 16.9 Å². The van der Waals surface area contributed by atoms with Crippen molar-refractivity contribution in [2.24, 2.45) is 0 Å². The summed E-state index contributed by atoms with van der Waals surface area (Å²) in [5, 5.41) is 9.67. The Labute approximate surface area is 101 Å². The van der Waals surface area contributed by atoms with Crippen molar-refractivity contribution in [3.63, 3.8) is 0 Å². The lowest BCUT2D eigenvalue weighted by Crippen LogP contribution is -1.78. The van der Waals surface area contributed by atoms with Gasteiger partial charge in [0.1, 0.15) is 5.75 Å². The third-order valence-corrected chi connectivity index (χ3v) is 2.90. The van der Waals surface area contributed by atoms with Crippen LogP contribution in [0.25, 0.3) is 11.1 Å². The van der Waals surface area contributed by atoms with E-state index >= 15 is 0 Å². The van der Waals surface area contributed by atoms with Crippen LogP contribution in [-0.2, 0) is 0 Å². The van der Waals surface area contributed by atoms with E-state index in [1.54, 1.807) is 12.1 Å². The van der Waals surface area contributed by atoms with E-state index in [0.29, 0.717) is 5.02 Å². The maximum Gasteiger partial charge on any atom is 0.134 e. The van der Waals surface area contributed by atoms with Gasteiger partial charge in [-0.15, -0.1) is 0 Å². The zero-order valence-electron chi connectivity index (χ0n) is 7.74. The minimum absolute atomic E-state index is 0.107. The van der Waals surface area contributed by atoms with Gasteiger partial charge in [0, 0.05) is 4.47 Å². The zero-order chi connectivity index (χ0) is 10.8. The summed E-state index contributed by atoms with van der Waals surface area (Å²) < 4.78 is 1.02. The second kappa shape index (κ2) is 4.25. The van der Waals surface area contributed by atoms with Crippen molar-refractivity contribution >= 4 is 27.5 Å². The first kappa shape index (κ1) is 10.5. The fourth-order valence-corrected chi connectivity index (χ4v) is 1.93. The molecule has 0 aromatic heterocycles. The Morgan fingerprint density at radius 3 is 2.40 bits per heavy atom.